The van der Waals surface area contributed by atoms with Crippen LogP contribution in [0.3, 0.4) is 0 Å². The molecule has 35 heavy (non-hydrogen) atoms. The van der Waals surface area contributed by atoms with E-state index in [0.717, 1.165) is 82.4 Å². The molecule has 1 atom stereocenters. The van der Waals surface area contributed by atoms with E-state index in [9.17, 15) is 9.59 Å². The zero-order valence-electron chi connectivity index (χ0n) is 20.0. The molecule has 5 rings (SSSR count). The van der Waals surface area contributed by atoms with Crippen LogP contribution in [-0.4, -0.2) is 73.0 Å². The van der Waals surface area contributed by atoms with Gasteiger partial charge in [0.05, 0.1) is 19.1 Å². The minimum atomic E-state index is -0.398. The summed E-state index contributed by atoms with van der Waals surface area (Å²) in [7, 11) is 0. The Labute approximate surface area is 209 Å². The number of aromatic nitrogens is 2. The maximum absolute atomic E-state index is 12.8. The lowest BCUT2D eigenvalue weighted by Crippen LogP contribution is -2.35. The summed E-state index contributed by atoms with van der Waals surface area (Å²) < 4.78 is 10.8. The summed E-state index contributed by atoms with van der Waals surface area (Å²) in [6.45, 7) is 6.38. The Bertz CT molecular complexity index is 1000. The van der Waals surface area contributed by atoms with Gasteiger partial charge >= 0.3 is 0 Å². The highest BCUT2D eigenvalue weighted by atomic mass is 32.1. The number of rotatable bonds is 8. The van der Waals surface area contributed by atoms with Gasteiger partial charge in [0.2, 0.25) is 16.9 Å². The van der Waals surface area contributed by atoms with Gasteiger partial charge in [-0.25, -0.2) is 0 Å². The molecule has 2 aromatic rings. The molecule has 0 saturated carbocycles. The minimum Gasteiger partial charge on any atom is -0.381 e. The van der Waals surface area contributed by atoms with Crippen molar-refractivity contribution in [2.75, 3.05) is 56.3 Å². The number of hydrogen-bond donors (Lipinski definition) is 1. The van der Waals surface area contributed by atoms with Gasteiger partial charge in [0.25, 0.3) is 0 Å². The highest BCUT2D eigenvalue weighted by Gasteiger charge is 2.35. The molecule has 188 valence electrons. The van der Waals surface area contributed by atoms with Gasteiger partial charge in [-0.2, -0.15) is 0 Å². The van der Waals surface area contributed by atoms with Crippen LogP contribution in [0.15, 0.2) is 24.3 Å². The number of morpholine rings is 1. The summed E-state index contributed by atoms with van der Waals surface area (Å²) in [4.78, 5) is 29.6. The number of nitrogens with one attached hydrogen (secondary N) is 1. The van der Waals surface area contributed by atoms with Crippen LogP contribution < -0.4 is 10.2 Å². The lowest BCUT2D eigenvalue weighted by Gasteiger charge is -2.26. The topological polar surface area (TPSA) is 96.9 Å². The first-order valence-electron chi connectivity index (χ1n) is 12.5. The average molecular weight is 500 g/mol. The molecule has 1 unspecified atom stereocenters. The summed E-state index contributed by atoms with van der Waals surface area (Å²) in [6.07, 6.45) is 4.35. The second-order valence-corrected chi connectivity index (χ2v) is 10.6. The summed E-state index contributed by atoms with van der Waals surface area (Å²) in [6, 6.07) is 8.08. The largest absolute Gasteiger partial charge is 0.381 e. The van der Waals surface area contributed by atoms with E-state index in [2.05, 4.69) is 32.5 Å². The zero-order chi connectivity index (χ0) is 24.0. The highest BCUT2D eigenvalue weighted by molar-refractivity contribution is 7.15. The number of benzene rings is 1. The second kappa shape index (κ2) is 11.6. The Morgan fingerprint density at radius 1 is 1.06 bits per heavy atom. The maximum Gasteiger partial charge on any atom is 0.231 e. The first-order chi connectivity index (χ1) is 17.1. The molecule has 0 spiro atoms. The third-order valence-electron chi connectivity index (χ3n) is 7.06. The van der Waals surface area contributed by atoms with Gasteiger partial charge in [-0.3, -0.25) is 14.5 Å². The summed E-state index contributed by atoms with van der Waals surface area (Å²) in [5.41, 5.74) is 2.04. The average Bonchev–Trinajstić information content (AvgIpc) is 3.51. The van der Waals surface area contributed by atoms with Crippen LogP contribution in [-0.2, 0) is 32.0 Å². The third-order valence-corrected chi connectivity index (χ3v) is 7.96. The Hall–Kier alpha value is -2.40. The number of carbonyl (C=O) groups excluding carboxylic acids is 2. The van der Waals surface area contributed by atoms with Crippen LogP contribution >= 0.6 is 11.3 Å². The van der Waals surface area contributed by atoms with E-state index in [-0.39, 0.29) is 18.2 Å². The molecule has 0 radical (unpaired) electrons. The van der Waals surface area contributed by atoms with Gasteiger partial charge in [0.1, 0.15) is 5.01 Å². The quantitative estimate of drug-likeness (QED) is 0.597. The normalized spacial score (nSPS) is 22.0. The van der Waals surface area contributed by atoms with Gasteiger partial charge < -0.3 is 19.7 Å². The van der Waals surface area contributed by atoms with Crippen molar-refractivity contribution in [3.05, 3.63) is 34.8 Å². The molecule has 1 aromatic carbocycles. The predicted molar refractivity (Wildman–Crippen MR) is 133 cm³/mol. The van der Waals surface area contributed by atoms with Crippen molar-refractivity contribution in [1.29, 1.82) is 0 Å². The molecule has 0 bridgehead atoms. The fourth-order valence-electron chi connectivity index (χ4n) is 4.91. The van der Waals surface area contributed by atoms with Crippen LogP contribution in [0.4, 0.5) is 10.8 Å². The van der Waals surface area contributed by atoms with Crippen molar-refractivity contribution in [2.45, 2.75) is 38.6 Å². The highest BCUT2D eigenvalue weighted by Crippen LogP contribution is 2.28. The van der Waals surface area contributed by atoms with Crippen molar-refractivity contribution in [3.63, 3.8) is 0 Å². The zero-order valence-corrected chi connectivity index (χ0v) is 20.8. The number of anilines is 2. The Kier molecular flexibility index (Phi) is 8.02. The van der Waals surface area contributed by atoms with Crippen molar-refractivity contribution < 1.29 is 19.1 Å². The standard InChI is InChI=1S/C25H33N5O4S/c31-23-15-20(17-30(23)21-4-1-19(2-5-21)16-29-9-13-34-14-10-29)24(32)26-25-28-27-22(35-25)6-3-18-7-11-33-12-8-18/h1-2,4-5,18,20H,3,6-17H2,(H,26,28,32). The SMILES string of the molecule is O=C(Nc1nnc(CCC2CCOCC2)s1)C1CC(=O)N(c2ccc(CN3CCOCC3)cc2)C1. The maximum atomic E-state index is 12.8. The Morgan fingerprint density at radius 2 is 1.80 bits per heavy atom. The fourth-order valence-corrected chi connectivity index (χ4v) is 5.66. The molecular weight excluding hydrogens is 466 g/mol. The van der Waals surface area contributed by atoms with Gasteiger partial charge in [-0.1, -0.05) is 23.5 Å². The van der Waals surface area contributed by atoms with E-state index in [1.807, 2.05) is 12.1 Å². The van der Waals surface area contributed by atoms with Crippen LogP contribution in [0.2, 0.25) is 0 Å². The number of carbonyl (C=O) groups is 2. The van der Waals surface area contributed by atoms with Crippen molar-refractivity contribution >= 4 is 34.0 Å². The molecule has 0 aliphatic carbocycles. The van der Waals surface area contributed by atoms with E-state index in [1.165, 1.54) is 16.9 Å². The lowest BCUT2D eigenvalue weighted by molar-refractivity contribution is -0.122. The van der Waals surface area contributed by atoms with E-state index >= 15 is 0 Å². The molecule has 3 aliphatic rings. The van der Waals surface area contributed by atoms with Gasteiger partial charge in [0.15, 0.2) is 0 Å². The predicted octanol–water partition coefficient (Wildman–Crippen LogP) is 2.72. The minimum absolute atomic E-state index is 0.0273. The number of aryl methyl sites for hydroxylation is 1. The summed E-state index contributed by atoms with van der Waals surface area (Å²) in [5.74, 6) is 0.0807. The first kappa shape index (κ1) is 24.3. The second-order valence-electron chi connectivity index (χ2n) is 9.54. The molecule has 9 nitrogen and oxygen atoms in total. The summed E-state index contributed by atoms with van der Waals surface area (Å²) >= 11 is 1.43. The number of nitrogens with zero attached hydrogens (tertiary/aromatic N) is 4. The van der Waals surface area contributed by atoms with Gasteiger partial charge in [0, 0.05) is 57.9 Å². The molecule has 3 fully saturated rings. The monoisotopic (exact) mass is 499 g/mol. The molecular formula is C25H33N5O4S. The fraction of sp³-hybridized carbons (Fsp3) is 0.600. The van der Waals surface area contributed by atoms with Crippen molar-refractivity contribution in [3.8, 4) is 0 Å². The lowest BCUT2D eigenvalue weighted by atomic mass is 9.95. The molecule has 4 heterocycles. The van der Waals surface area contributed by atoms with Crippen LogP contribution in [0.25, 0.3) is 0 Å². The van der Waals surface area contributed by atoms with Crippen LogP contribution in [0.1, 0.15) is 36.3 Å². The van der Waals surface area contributed by atoms with Crippen molar-refractivity contribution in [2.24, 2.45) is 11.8 Å². The van der Waals surface area contributed by atoms with Gasteiger partial charge in [-0.15, -0.1) is 10.2 Å². The number of hydrogen-bond acceptors (Lipinski definition) is 8. The van der Waals surface area contributed by atoms with E-state index < -0.39 is 5.92 Å². The van der Waals surface area contributed by atoms with E-state index in [0.29, 0.717) is 17.6 Å². The molecule has 3 saturated heterocycles. The Morgan fingerprint density at radius 3 is 2.57 bits per heavy atom. The first-order valence-corrected chi connectivity index (χ1v) is 13.4. The molecule has 3 aliphatic heterocycles. The van der Waals surface area contributed by atoms with E-state index in [4.69, 9.17) is 9.47 Å². The van der Waals surface area contributed by atoms with Crippen molar-refractivity contribution in [1.82, 2.24) is 15.1 Å². The number of ether oxygens (including phenoxy) is 2. The smallest absolute Gasteiger partial charge is 0.231 e. The Balaban J connectivity index is 1.11. The molecule has 1 aromatic heterocycles. The van der Waals surface area contributed by atoms with Gasteiger partial charge in [-0.05, 0) is 42.9 Å². The molecule has 10 heteroatoms. The molecule has 2 amide bonds. The van der Waals surface area contributed by atoms with Crippen LogP contribution in [0, 0.1) is 11.8 Å². The van der Waals surface area contributed by atoms with Crippen LogP contribution in [0.5, 0.6) is 0 Å². The van der Waals surface area contributed by atoms with E-state index in [1.54, 1.807) is 4.90 Å². The molecule has 1 N–H and O–H groups in total. The number of amides is 2. The summed E-state index contributed by atoms with van der Waals surface area (Å²) in [5, 5.41) is 12.7. The third kappa shape index (κ3) is 6.43.